The van der Waals surface area contributed by atoms with Crippen molar-refractivity contribution < 1.29 is 4.74 Å². The normalized spacial score (nSPS) is 16.5. The number of rotatable bonds is 9. The van der Waals surface area contributed by atoms with E-state index >= 15 is 0 Å². The van der Waals surface area contributed by atoms with Crippen LogP contribution in [0.4, 0.5) is 0 Å². The third-order valence-corrected chi connectivity index (χ3v) is 2.80. The molecule has 0 saturated heterocycles. The number of unbranched alkanes of at least 4 members (excludes halogenated alkanes) is 1. The average Bonchev–Trinajstić information content (AvgIpc) is 3.00. The first-order chi connectivity index (χ1) is 6.88. The summed E-state index contributed by atoms with van der Waals surface area (Å²) in [5, 5.41) is 0. The van der Waals surface area contributed by atoms with Gasteiger partial charge in [-0.3, -0.25) is 4.90 Å². The van der Waals surface area contributed by atoms with E-state index in [-0.39, 0.29) is 0 Å². The summed E-state index contributed by atoms with van der Waals surface area (Å²) in [6.45, 7) is 6.28. The topological polar surface area (TPSA) is 12.5 Å². The Morgan fingerprint density at radius 3 is 2.64 bits per heavy atom. The lowest BCUT2D eigenvalue weighted by Gasteiger charge is -2.21. The number of ether oxygens (including phenoxy) is 1. The van der Waals surface area contributed by atoms with Crippen molar-refractivity contribution in [1.29, 1.82) is 0 Å². The van der Waals surface area contributed by atoms with E-state index in [4.69, 9.17) is 4.74 Å². The molecule has 1 aliphatic rings. The first-order valence-electron chi connectivity index (χ1n) is 5.81. The maximum Gasteiger partial charge on any atom is 0.0593 e. The van der Waals surface area contributed by atoms with Gasteiger partial charge in [-0.2, -0.15) is 12.6 Å². The number of nitrogens with zero attached hydrogens (tertiary/aromatic N) is 1. The number of thiol groups is 1. The quantitative estimate of drug-likeness (QED) is 0.469. The van der Waals surface area contributed by atoms with Crippen LogP contribution in [0.1, 0.15) is 32.6 Å². The summed E-state index contributed by atoms with van der Waals surface area (Å²) in [5.74, 6) is 0.832. The zero-order valence-electron chi connectivity index (χ0n) is 9.24. The van der Waals surface area contributed by atoms with Crippen LogP contribution < -0.4 is 0 Å². The van der Waals surface area contributed by atoms with Gasteiger partial charge in [0.05, 0.1) is 13.2 Å². The lowest BCUT2D eigenvalue weighted by molar-refractivity contribution is 0.111. The molecule has 2 nitrogen and oxygen atoms in total. The summed E-state index contributed by atoms with van der Waals surface area (Å²) in [6.07, 6.45) is 5.41. The molecule has 0 aromatic rings. The fourth-order valence-corrected chi connectivity index (χ4v) is 1.76. The fraction of sp³-hybridized carbons (Fsp3) is 1.00. The van der Waals surface area contributed by atoms with Crippen LogP contribution in [0.3, 0.4) is 0 Å². The standard InChI is InChI=1S/C11H23NOS/c1-2-3-6-12(11-4-5-11)7-8-13-9-10-14/h11,14H,2-10H2,1H3. The van der Waals surface area contributed by atoms with Crippen LogP contribution in [0.5, 0.6) is 0 Å². The Labute approximate surface area is 93.4 Å². The van der Waals surface area contributed by atoms with E-state index in [1.807, 2.05) is 0 Å². The van der Waals surface area contributed by atoms with Gasteiger partial charge in [0.1, 0.15) is 0 Å². The third kappa shape index (κ3) is 5.23. The SMILES string of the molecule is CCCCN(CCOCCS)C1CC1. The minimum atomic E-state index is 0.787. The van der Waals surface area contributed by atoms with Crippen molar-refractivity contribution in [2.45, 2.75) is 38.6 Å². The lowest BCUT2D eigenvalue weighted by atomic mass is 10.3. The Bertz CT molecular complexity index is 139. The van der Waals surface area contributed by atoms with Gasteiger partial charge in [-0.05, 0) is 25.8 Å². The highest BCUT2D eigenvalue weighted by molar-refractivity contribution is 7.80. The summed E-state index contributed by atoms with van der Waals surface area (Å²) < 4.78 is 5.45. The van der Waals surface area contributed by atoms with Crippen molar-refractivity contribution in [3.05, 3.63) is 0 Å². The second kappa shape index (κ2) is 7.55. The molecule has 1 fully saturated rings. The highest BCUT2D eigenvalue weighted by atomic mass is 32.1. The van der Waals surface area contributed by atoms with Crippen LogP contribution in [0, 0.1) is 0 Å². The van der Waals surface area contributed by atoms with E-state index in [9.17, 15) is 0 Å². The molecule has 1 rings (SSSR count). The maximum atomic E-state index is 5.45. The Kier molecular flexibility index (Phi) is 6.65. The zero-order chi connectivity index (χ0) is 10.2. The molecular formula is C11H23NOS. The molecule has 0 unspecified atom stereocenters. The Hall–Kier alpha value is 0.270. The van der Waals surface area contributed by atoms with E-state index in [1.165, 1.54) is 32.2 Å². The van der Waals surface area contributed by atoms with Gasteiger partial charge in [0.2, 0.25) is 0 Å². The number of hydrogen-bond acceptors (Lipinski definition) is 3. The van der Waals surface area contributed by atoms with Gasteiger partial charge in [-0.1, -0.05) is 13.3 Å². The largest absolute Gasteiger partial charge is 0.379 e. The molecule has 0 bridgehead atoms. The number of hydrogen-bond donors (Lipinski definition) is 1. The minimum Gasteiger partial charge on any atom is -0.379 e. The van der Waals surface area contributed by atoms with Crippen LogP contribution >= 0.6 is 12.6 Å². The van der Waals surface area contributed by atoms with Crippen molar-refractivity contribution in [3.8, 4) is 0 Å². The van der Waals surface area contributed by atoms with Crippen molar-refractivity contribution in [3.63, 3.8) is 0 Å². The molecule has 0 spiro atoms. The highest BCUT2D eigenvalue weighted by Crippen LogP contribution is 2.26. The molecule has 0 N–H and O–H groups in total. The van der Waals surface area contributed by atoms with Gasteiger partial charge < -0.3 is 4.74 Å². The first-order valence-corrected chi connectivity index (χ1v) is 6.44. The van der Waals surface area contributed by atoms with Crippen molar-refractivity contribution in [1.82, 2.24) is 4.90 Å². The Morgan fingerprint density at radius 2 is 2.07 bits per heavy atom. The van der Waals surface area contributed by atoms with Crippen molar-refractivity contribution in [2.75, 3.05) is 32.1 Å². The van der Waals surface area contributed by atoms with Gasteiger partial charge in [-0.15, -0.1) is 0 Å². The van der Waals surface area contributed by atoms with E-state index in [1.54, 1.807) is 0 Å². The van der Waals surface area contributed by atoms with Gasteiger partial charge in [-0.25, -0.2) is 0 Å². The molecule has 14 heavy (non-hydrogen) atoms. The fourth-order valence-electron chi connectivity index (χ4n) is 1.63. The van der Waals surface area contributed by atoms with Gasteiger partial charge in [0.15, 0.2) is 0 Å². The summed E-state index contributed by atoms with van der Waals surface area (Å²) in [7, 11) is 0. The molecule has 0 atom stereocenters. The monoisotopic (exact) mass is 217 g/mol. The van der Waals surface area contributed by atoms with E-state index in [0.29, 0.717) is 0 Å². The summed E-state index contributed by atoms with van der Waals surface area (Å²) in [4.78, 5) is 2.59. The second-order valence-electron chi connectivity index (χ2n) is 3.96. The predicted octanol–water partition coefficient (Wildman–Crippen LogP) is 2.20. The molecule has 0 aromatic carbocycles. The molecule has 84 valence electrons. The molecule has 3 heteroatoms. The molecule has 1 aliphatic carbocycles. The molecule has 0 aromatic heterocycles. The average molecular weight is 217 g/mol. The van der Waals surface area contributed by atoms with Gasteiger partial charge in [0.25, 0.3) is 0 Å². The molecule has 0 amide bonds. The Balaban J connectivity index is 2.02. The zero-order valence-corrected chi connectivity index (χ0v) is 10.1. The molecule has 0 aliphatic heterocycles. The van der Waals surface area contributed by atoms with Crippen molar-refractivity contribution >= 4 is 12.6 Å². The Morgan fingerprint density at radius 1 is 1.29 bits per heavy atom. The van der Waals surface area contributed by atoms with Crippen LogP contribution in [0.25, 0.3) is 0 Å². The lowest BCUT2D eigenvalue weighted by Crippen LogP contribution is -2.31. The third-order valence-electron chi connectivity index (χ3n) is 2.62. The maximum absolute atomic E-state index is 5.45. The van der Waals surface area contributed by atoms with Crippen LogP contribution in [0.2, 0.25) is 0 Å². The first kappa shape index (κ1) is 12.3. The molecule has 0 heterocycles. The van der Waals surface area contributed by atoms with Gasteiger partial charge >= 0.3 is 0 Å². The molecule has 0 radical (unpaired) electrons. The molecule has 1 saturated carbocycles. The minimum absolute atomic E-state index is 0.787. The summed E-state index contributed by atoms with van der Waals surface area (Å²) in [5.41, 5.74) is 0. The van der Waals surface area contributed by atoms with Crippen LogP contribution in [0.15, 0.2) is 0 Å². The van der Waals surface area contributed by atoms with Crippen LogP contribution in [-0.2, 0) is 4.74 Å². The second-order valence-corrected chi connectivity index (χ2v) is 4.40. The van der Waals surface area contributed by atoms with E-state index < -0.39 is 0 Å². The van der Waals surface area contributed by atoms with Crippen molar-refractivity contribution in [2.24, 2.45) is 0 Å². The summed E-state index contributed by atoms with van der Waals surface area (Å²) >= 11 is 4.12. The smallest absolute Gasteiger partial charge is 0.0593 e. The molecular weight excluding hydrogens is 194 g/mol. The highest BCUT2D eigenvalue weighted by Gasteiger charge is 2.27. The predicted molar refractivity (Wildman–Crippen MR) is 64.2 cm³/mol. The summed E-state index contributed by atoms with van der Waals surface area (Å²) in [6, 6.07) is 0.876. The van der Waals surface area contributed by atoms with Crippen LogP contribution in [-0.4, -0.2) is 43.0 Å². The van der Waals surface area contributed by atoms with Gasteiger partial charge in [0, 0.05) is 18.3 Å². The van der Waals surface area contributed by atoms with E-state index in [2.05, 4.69) is 24.5 Å². The van der Waals surface area contributed by atoms with E-state index in [0.717, 1.165) is 31.6 Å².